The molecule has 2 rings (SSSR count). The van der Waals surface area contributed by atoms with Gasteiger partial charge >= 0.3 is 11.9 Å². The first kappa shape index (κ1) is 29.3. The van der Waals surface area contributed by atoms with Crippen LogP contribution in [0, 0.1) is 0 Å². The Labute approximate surface area is 214 Å². The molecule has 9 heteroatoms. The van der Waals surface area contributed by atoms with Crippen molar-refractivity contribution < 1.29 is 24.5 Å². The maximum absolute atomic E-state index is 12.4. The Kier molecular flexibility index (Phi) is 7.94. The minimum Gasteiger partial charge on any atom is -0.478 e. The van der Waals surface area contributed by atoms with Crippen molar-refractivity contribution >= 4 is 65.0 Å². The van der Waals surface area contributed by atoms with Gasteiger partial charge in [0.2, 0.25) is 0 Å². The number of aromatic carboxylic acids is 2. The van der Waals surface area contributed by atoms with Gasteiger partial charge in [0.25, 0.3) is 0 Å². The normalized spacial score (nSPS) is 13.0. The highest BCUT2D eigenvalue weighted by Crippen LogP contribution is 2.25. The number of hydrogen-bond acceptors (Lipinski definition) is 3. The highest BCUT2D eigenvalue weighted by molar-refractivity contribution is 6.94. The summed E-state index contributed by atoms with van der Waals surface area (Å²) >= 11 is 0. The van der Waals surface area contributed by atoms with E-state index in [-0.39, 0.29) is 0 Å². The van der Waals surface area contributed by atoms with Crippen molar-refractivity contribution in [1.82, 2.24) is 0 Å². The molecule has 2 N–H and O–H groups in total. The van der Waals surface area contributed by atoms with E-state index in [1.54, 1.807) is 0 Å². The van der Waals surface area contributed by atoms with Crippen LogP contribution in [0.5, 0.6) is 11.5 Å². The summed E-state index contributed by atoms with van der Waals surface area (Å²) in [6.07, 6.45) is 0. The van der Waals surface area contributed by atoms with E-state index in [0.717, 1.165) is 20.7 Å². The molecule has 0 amide bonds. The zero-order valence-corrected chi connectivity index (χ0v) is 27.4. The molecule has 0 aliphatic heterocycles. The predicted octanol–water partition coefficient (Wildman–Crippen LogP) is 5.06. The molecule has 0 aromatic heterocycles. The van der Waals surface area contributed by atoms with Crippen molar-refractivity contribution in [2.45, 2.75) is 78.6 Å². The molecule has 0 saturated carbocycles. The first-order chi connectivity index (χ1) is 15.5. The molecule has 35 heavy (non-hydrogen) atoms. The molecule has 2 aromatic carbocycles. The lowest BCUT2D eigenvalue weighted by Crippen LogP contribution is -2.51. The Morgan fingerprint density at radius 3 is 0.857 bits per heavy atom. The van der Waals surface area contributed by atoms with Gasteiger partial charge < -0.3 is 14.9 Å². The Morgan fingerprint density at radius 2 is 0.714 bits per heavy atom. The Morgan fingerprint density at radius 1 is 0.514 bits per heavy atom. The summed E-state index contributed by atoms with van der Waals surface area (Å²) in [5.74, 6) is -0.481. The molecule has 2 aromatic rings. The Hall–Kier alpha value is -1.95. The van der Waals surface area contributed by atoms with Gasteiger partial charge in [-0.1, -0.05) is 78.6 Å². The largest absolute Gasteiger partial charge is 0.478 e. The van der Waals surface area contributed by atoms with Gasteiger partial charge in [-0.05, 0) is 45.0 Å². The van der Waals surface area contributed by atoms with Crippen LogP contribution in [-0.2, 0) is 0 Å². The second kappa shape index (κ2) is 9.49. The molecule has 0 unspecified atom stereocenters. The summed E-state index contributed by atoms with van der Waals surface area (Å²) in [7, 11) is -8.03. The van der Waals surface area contributed by atoms with Crippen LogP contribution in [0.3, 0.4) is 0 Å². The lowest BCUT2D eigenvalue weighted by Gasteiger charge is -2.29. The molecule has 5 nitrogen and oxygen atoms in total. The van der Waals surface area contributed by atoms with Crippen LogP contribution in [0.25, 0.3) is 0 Å². The summed E-state index contributed by atoms with van der Waals surface area (Å²) in [5, 5.41) is 23.8. The van der Waals surface area contributed by atoms with Crippen LogP contribution >= 0.6 is 0 Å². The van der Waals surface area contributed by atoms with Crippen molar-refractivity contribution in [3.8, 4) is 11.5 Å². The number of rotatable bonds is 8. The van der Waals surface area contributed by atoms with Crippen molar-refractivity contribution in [1.29, 1.82) is 0 Å². The van der Waals surface area contributed by atoms with Gasteiger partial charge in [-0.2, -0.15) is 0 Å². The van der Waals surface area contributed by atoms with Gasteiger partial charge in [-0.25, -0.2) is 9.59 Å². The number of hydrogen-bond donors (Lipinski definition) is 2. The smallest absolute Gasteiger partial charge is 0.335 e. The molecule has 0 saturated heterocycles. The second-order valence-electron chi connectivity index (χ2n) is 13.5. The van der Waals surface area contributed by atoms with E-state index >= 15 is 0 Å². The highest BCUT2D eigenvalue weighted by Gasteiger charge is 2.34. The average molecular weight is 547 g/mol. The minimum atomic E-state index is -2.01. The van der Waals surface area contributed by atoms with Gasteiger partial charge in [0.15, 0.2) is 0 Å². The lowest BCUT2D eigenvalue weighted by atomic mass is 10.2. The third-order valence-electron chi connectivity index (χ3n) is 6.12. The van der Waals surface area contributed by atoms with Crippen LogP contribution < -0.4 is 25.5 Å². The lowest BCUT2D eigenvalue weighted by molar-refractivity contribution is 0.0688. The fourth-order valence-corrected chi connectivity index (χ4v) is 10.8. The van der Waals surface area contributed by atoms with E-state index in [2.05, 4.69) is 78.6 Å². The zero-order chi connectivity index (χ0) is 27.3. The van der Waals surface area contributed by atoms with Gasteiger partial charge in [0.05, 0.1) is 43.4 Å². The van der Waals surface area contributed by atoms with E-state index in [0.29, 0.717) is 22.6 Å². The topological polar surface area (TPSA) is 83.8 Å². The summed E-state index contributed by atoms with van der Waals surface area (Å²) in [6, 6.07) is 7.64. The molecule has 0 fully saturated rings. The molecule has 0 radical (unpaired) electrons. The summed E-state index contributed by atoms with van der Waals surface area (Å²) in [6.45, 7) is 25.8. The molecule has 0 spiro atoms. The third-order valence-corrected chi connectivity index (χ3v) is 14.2. The van der Waals surface area contributed by atoms with Crippen LogP contribution in [0.1, 0.15) is 20.7 Å². The third kappa shape index (κ3) is 6.63. The molecular formula is C26H42O5Si4. The van der Waals surface area contributed by atoms with E-state index < -0.39 is 44.2 Å². The molecule has 0 heterocycles. The molecular weight excluding hydrogens is 505 g/mol. The number of carboxylic acids is 2. The average Bonchev–Trinajstić information content (AvgIpc) is 2.63. The summed E-state index contributed by atoms with van der Waals surface area (Å²) < 4.78 is 6.49. The van der Waals surface area contributed by atoms with E-state index in [9.17, 15) is 19.8 Å². The summed E-state index contributed by atoms with van der Waals surface area (Å²) in [4.78, 5) is 24.7. The fraction of sp³-hybridized carbons (Fsp3) is 0.462. The molecule has 0 atom stereocenters. The summed E-state index contributed by atoms with van der Waals surface area (Å²) in [5.41, 5.74) is 0.893. The van der Waals surface area contributed by atoms with Crippen molar-refractivity contribution in [2.75, 3.05) is 0 Å². The van der Waals surface area contributed by atoms with Crippen molar-refractivity contribution in [3.63, 3.8) is 0 Å². The molecule has 192 valence electrons. The van der Waals surface area contributed by atoms with Gasteiger partial charge in [0.1, 0.15) is 11.5 Å². The number of ether oxygens (including phenoxy) is 1. The van der Waals surface area contributed by atoms with E-state index in [4.69, 9.17) is 4.74 Å². The molecule has 0 bridgehead atoms. The maximum atomic E-state index is 12.4. The van der Waals surface area contributed by atoms with Crippen LogP contribution in [0.15, 0.2) is 24.3 Å². The first-order valence-electron chi connectivity index (χ1n) is 12.1. The van der Waals surface area contributed by atoms with Crippen molar-refractivity contribution in [2.24, 2.45) is 0 Å². The standard InChI is InChI=1S/C26H42O5Si4/c1-32(2,3)19-13-17(14-20(33(4,5)6)23(19)25(27)28)31-18-15-21(34(7,8)9)24(26(29)30)22(16-18)35(10,11)12/h13-16H,1-12H3,(H,27,28)(H,29,30). The number of carboxylic acid groups (broad SMARTS) is 2. The molecule has 0 aliphatic rings. The number of benzene rings is 2. The number of carbonyl (C=O) groups is 2. The zero-order valence-electron chi connectivity index (χ0n) is 23.4. The Bertz CT molecular complexity index is 999. The molecule has 0 aliphatic carbocycles. The van der Waals surface area contributed by atoms with Crippen molar-refractivity contribution in [3.05, 3.63) is 35.4 Å². The van der Waals surface area contributed by atoms with Gasteiger partial charge in [-0.15, -0.1) is 0 Å². The maximum Gasteiger partial charge on any atom is 0.335 e. The monoisotopic (exact) mass is 546 g/mol. The van der Waals surface area contributed by atoms with Crippen LogP contribution in [0.4, 0.5) is 0 Å². The minimum absolute atomic E-state index is 0.447. The van der Waals surface area contributed by atoms with Crippen LogP contribution in [-0.4, -0.2) is 54.4 Å². The van der Waals surface area contributed by atoms with E-state index in [1.807, 2.05) is 24.3 Å². The SMILES string of the molecule is C[Si](C)(C)c1cc(Oc2cc([Si](C)(C)C)c(C(=O)O)c([Si](C)(C)C)c2)cc([Si](C)(C)C)c1C(=O)O. The van der Waals surface area contributed by atoms with Gasteiger partial charge in [-0.3, -0.25) is 0 Å². The Balaban J connectivity index is 2.89. The predicted molar refractivity (Wildman–Crippen MR) is 159 cm³/mol. The van der Waals surface area contributed by atoms with Gasteiger partial charge in [0, 0.05) is 0 Å². The van der Waals surface area contributed by atoms with E-state index in [1.165, 1.54) is 0 Å². The second-order valence-corrected chi connectivity index (χ2v) is 33.7. The fourth-order valence-electron chi connectivity index (χ4n) is 4.31. The highest BCUT2D eigenvalue weighted by atomic mass is 28.3. The van der Waals surface area contributed by atoms with Crippen LogP contribution in [0.2, 0.25) is 78.6 Å². The quantitative estimate of drug-likeness (QED) is 0.452. The first-order valence-corrected chi connectivity index (χ1v) is 26.1.